The highest BCUT2D eigenvalue weighted by Gasteiger charge is 2.34. The van der Waals surface area contributed by atoms with Crippen molar-refractivity contribution in [1.29, 1.82) is 0 Å². The molecule has 3 atom stereocenters. The molecule has 0 aliphatic carbocycles. The number of β-amino-alcohol motifs (C(OH)–C–C–N with tert-alkyl or cyclic N) is 1. The van der Waals surface area contributed by atoms with Gasteiger partial charge in [0.2, 0.25) is 0 Å². The molecule has 2 amide bonds. The summed E-state index contributed by atoms with van der Waals surface area (Å²) in [6, 6.07) is 6.50. The van der Waals surface area contributed by atoms with Crippen molar-refractivity contribution in [1.82, 2.24) is 20.1 Å². The molecule has 2 fully saturated rings. The Morgan fingerprint density at radius 3 is 2.56 bits per heavy atom. The van der Waals surface area contributed by atoms with E-state index in [2.05, 4.69) is 25.4 Å². The average molecular weight is 560 g/mol. The highest BCUT2D eigenvalue weighted by Crippen LogP contribution is 2.26. The van der Waals surface area contributed by atoms with E-state index in [0.29, 0.717) is 28.2 Å². The topological polar surface area (TPSA) is 97.8 Å². The van der Waals surface area contributed by atoms with E-state index in [1.807, 2.05) is 26.0 Å². The van der Waals surface area contributed by atoms with Crippen molar-refractivity contribution in [3.63, 3.8) is 0 Å². The van der Waals surface area contributed by atoms with Gasteiger partial charge in [0, 0.05) is 51.6 Å². The maximum absolute atomic E-state index is 13.3. The zero-order valence-electron chi connectivity index (χ0n) is 23.5. The summed E-state index contributed by atoms with van der Waals surface area (Å²) >= 11 is 1.20. The number of aryl methyl sites for hydroxylation is 1. The smallest absolute Gasteiger partial charge is 0.321 e. The number of nitrogens with one attached hydrogen (secondary N) is 2. The molecule has 10 heteroatoms. The lowest BCUT2D eigenvalue weighted by Crippen LogP contribution is -2.57. The number of likely N-dealkylation sites (tertiary alicyclic amines) is 2. The minimum atomic E-state index is -0.787. The van der Waals surface area contributed by atoms with Crippen molar-refractivity contribution in [2.75, 3.05) is 44.6 Å². The van der Waals surface area contributed by atoms with E-state index in [0.717, 1.165) is 58.4 Å². The molecule has 214 valence electrons. The molecule has 0 radical (unpaired) electrons. The molecule has 0 bridgehead atoms. The molecule has 1 unspecified atom stereocenters. The Balaban J connectivity index is 1.39. The molecule has 8 nitrogen and oxygen atoms in total. The van der Waals surface area contributed by atoms with Crippen molar-refractivity contribution < 1.29 is 19.1 Å². The number of amides is 2. The third kappa shape index (κ3) is 8.79. The number of Topliss-reactive ketones (excluding diaryl/α,β-unsaturated/α-hetero) is 1. The first-order valence-corrected chi connectivity index (χ1v) is 14.7. The Morgan fingerprint density at radius 2 is 1.90 bits per heavy atom. The van der Waals surface area contributed by atoms with Crippen molar-refractivity contribution >= 4 is 28.3 Å². The SMILES string of the molecule is CC(=O)c1sc(NC(=O)N[C@@H]2CCN(CC(C)(C)O)C[C@H]2CN2CCCC(Cc3ccc(F)cc3)C2)nc1C. The average Bonchev–Trinajstić information content (AvgIpc) is 3.21. The minimum absolute atomic E-state index is 0.0196. The van der Waals surface area contributed by atoms with Crippen LogP contribution >= 0.6 is 11.3 Å². The van der Waals surface area contributed by atoms with E-state index in [1.165, 1.54) is 36.0 Å². The predicted octanol–water partition coefficient (Wildman–Crippen LogP) is 4.33. The van der Waals surface area contributed by atoms with Crippen molar-refractivity contribution in [2.45, 2.75) is 65.0 Å². The van der Waals surface area contributed by atoms with Crippen molar-refractivity contribution in [3.8, 4) is 0 Å². The molecular formula is C29H42FN5O3S. The summed E-state index contributed by atoms with van der Waals surface area (Å²) in [5.74, 6) is 0.446. The van der Waals surface area contributed by atoms with Gasteiger partial charge in [0.1, 0.15) is 5.82 Å². The number of benzene rings is 1. The second-order valence-corrected chi connectivity index (χ2v) is 12.9. The normalized spacial score (nSPS) is 23.0. The van der Waals surface area contributed by atoms with Crippen LogP contribution in [0.4, 0.5) is 14.3 Å². The van der Waals surface area contributed by atoms with Gasteiger partial charge in [-0.3, -0.25) is 10.1 Å². The summed E-state index contributed by atoms with van der Waals surface area (Å²) in [5.41, 5.74) is 1.00. The number of carbonyl (C=O) groups excluding carboxylic acids is 2. The van der Waals surface area contributed by atoms with Gasteiger partial charge >= 0.3 is 6.03 Å². The van der Waals surface area contributed by atoms with Crippen LogP contribution in [0.2, 0.25) is 0 Å². The quantitative estimate of drug-likeness (QED) is 0.396. The van der Waals surface area contributed by atoms with E-state index < -0.39 is 5.60 Å². The number of rotatable bonds is 9. The second-order valence-electron chi connectivity index (χ2n) is 11.9. The fourth-order valence-corrected chi connectivity index (χ4v) is 6.88. The van der Waals surface area contributed by atoms with E-state index in [-0.39, 0.29) is 29.6 Å². The number of halogens is 1. The van der Waals surface area contributed by atoms with Crippen LogP contribution in [0.5, 0.6) is 0 Å². The number of aromatic nitrogens is 1. The summed E-state index contributed by atoms with van der Waals surface area (Å²) in [6.45, 7) is 12.0. The molecular weight excluding hydrogens is 517 g/mol. The molecule has 0 spiro atoms. The molecule has 1 aromatic carbocycles. The molecule has 3 N–H and O–H groups in total. The molecule has 2 aliphatic heterocycles. The molecule has 39 heavy (non-hydrogen) atoms. The van der Waals surface area contributed by atoms with Gasteiger partial charge in [-0.05, 0) is 76.6 Å². The molecule has 2 aliphatic rings. The van der Waals surface area contributed by atoms with E-state index in [1.54, 1.807) is 6.92 Å². The number of piperidine rings is 2. The largest absolute Gasteiger partial charge is 0.389 e. The number of carbonyl (C=O) groups is 2. The summed E-state index contributed by atoms with van der Waals surface area (Å²) in [4.78, 5) is 34.4. The maximum atomic E-state index is 13.3. The summed E-state index contributed by atoms with van der Waals surface area (Å²) in [6.07, 6.45) is 4.00. The van der Waals surface area contributed by atoms with Crippen molar-refractivity contribution in [3.05, 3.63) is 46.2 Å². The van der Waals surface area contributed by atoms with Crippen LogP contribution in [0.3, 0.4) is 0 Å². The molecule has 1 aromatic heterocycles. The molecule has 4 rings (SSSR count). The number of anilines is 1. The number of urea groups is 1. The summed E-state index contributed by atoms with van der Waals surface area (Å²) < 4.78 is 13.3. The Bertz CT molecular complexity index is 1130. The molecule has 2 saturated heterocycles. The number of hydrogen-bond acceptors (Lipinski definition) is 7. The first-order chi connectivity index (χ1) is 18.4. The van der Waals surface area contributed by atoms with Gasteiger partial charge in [-0.25, -0.2) is 14.2 Å². The van der Waals surface area contributed by atoms with Crippen LogP contribution in [-0.4, -0.2) is 82.6 Å². The number of ketones is 1. The van der Waals surface area contributed by atoms with Gasteiger partial charge in [0.25, 0.3) is 0 Å². The highest BCUT2D eigenvalue weighted by atomic mass is 32.1. The Labute approximate surface area is 235 Å². The van der Waals surface area contributed by atoms with E-state index in [4.69, 9.17) is 0 Å². The van der Waals surface area contributed by atoms with Crippen molar-refractivity contribution in [2.24, 2.45) is 11.8 Å². The predicted molar refractivity (Wildman–Crippen MR) is 153 cm³/mol. The lowest BCUT2D eigenvalue weighted by atomic mass is 9.87. The second kappa shape index (κ2) is 12.8. The highest BCUT2D eigenvalue weighted by molar-refractivity contribution is 7.17. The summed E-state index contributed by atoms with van der Waals surface area (Å²) in [7, 11) is 0. The first-order valence-electron chi connectivity index (χ1n) is 13.9. The monoisotopic (exact) mass is 559 g/mol. The van der Waals surface area contributed by atoms with E-state index >= 15 is 0 Å². The first kappa shape index (κ1) is 29.6. The van der Waals surface area contributed by atoms with Crippen LogP contribution in [0, 0.1) is 24.6 Å². The van der Waals surface area contributed by atoms with Gasteiger partial charge in [-0.2, -0.15) is 0 Å². The fraction of sp³-hybridized carbons (Fsp3) is 0.621. The summed E-state index contributed by atoms with van der Waals surface area (Å²) in [5, 5.41) is 16.9. The maximum Gasteiger partial charge on any atom is 0.321 e. The number of nitrogens with zero attached hydrogens (tertiary/aromatic N) is 3. The lowest BCUT2D eigenvalue weighted by molar-refractivity contribution is 0.00946. The number of aliphatic hydroxyl groups is 1. The minimum Gasteiger partial charge on any atom is -0.389 e. The van der Waals surface area contributed by atoms with Gasteiger partial charge in [0.05, 0.1) is 16.2 Å². The third-order valence-electron chi connectivity index (χ3n) is 7.62. The molecule has 3 heterocycles. The number of thiazole rings is 1. The Kier molecular flexibility index (Phi) is 9.74. The van der Waals surface area contributed by atoms with Gasteiger partial charge in [-0.1, -0.05) is 23.5 Å². The van der Waals surface area contributed by atoms with Gasteiger partial charge in [-0.15, -0.1) is 0 Å². The van der Waals surface area contributed by atoms with Gasteiger partial charge < -0.3 is 20.2 Å². The van der Waals surface area contributed by atoms with Gasteiger partial charge in [0.15, 0.2) is 10.9 Å². The van der Waals surface area contributed by atoms with Crippen LogP contribution in [0.25, 0.3) is 0 Å². The Hall–Kier alpha value is -2.40. The fourth-order valence-electron chi connectivity index (χ4n) is 6.02. The standard InChI is InChI=1S/C29H42FN5O3S/c1-19-26(20(2)36)39-28(31-19)33-27(37)32-25-11-13-35(18-29(3,4)38)17-23(25)16-34-12-5-6-22(15-34)14-21-7-9-24(30)10-8-21/h7-10,22-23,25,38H,5-6,11-18H2,1-4H3,(H2,31,32,33,37)/t22?,23-,25-/m1/s1. The van der Waals surface area contributed by atoms with Crippen LogP contribution < -0.4 is 10.6 Å². The molecule has 2 aromatic rings. The zero-order chi connectivity index (χ0) is 28.2. The third-order valence-corrected chi connectivity index (χ3v) is 8.79. The number of hydrogen-bond donors (Lipinski definition) is 3. The Morgan fingerprint density at radius 1 is 1.15 bits per heavy atom. The molecule has 0 saturated carbocycles. The van der Waals surface area contributed by atoms with Crippen LogP contribution in [0.1, 0.15) is 61.0 Å². The zero-order valence-corrected chi connectivity index (χ0v) is 24.3. The van der Waals surface area contributed by atoms with Crippen LogP contribution in [-0.2, 0) is 6.42 Å². The van der Waals surface area contributed by atoms with E-state index in [9.17, 15) is 19.1 Å². The lowest BCUT2D eigenvalue weighted by Gasteiger charge is -2.43. The van der Waals surface area contributed by atoms with Crippen LogP contribution in [0.15, 0.2) is 24.3 Å².